The molecule has 2 aliphatic heterocycles. The largest absolute Gasteiger partial charge is 0.376 e. The number of para-hydroxylation sites is 1. The monoisotopic (exact) mass is 378 g/mol. The van der Waals surface area contributed by atoms with E-state index >= 15 is 0 Å². The molecule has 2 heterocycles. The number of benzene rings is 2. The molecular formula is C22H22N2O4. The van der Waals surface area contributed by atoms with Gasteiger partial charge in [0.25, 0.3) is 17.7 Å². The number of hydrogen-bond acceptors (Lipinski definition) is 4. The first-order valence-electron chi connectivity index (χ1n) is 9.59. The molecule has 1 atom stereocenters. The Labute approximate surface area is 163 Å². The lowest BCUT2D eigenvalue weighted by Crippen LogP contribution is -2.36. The van der Waals surface area contributed by atoms with Crippen molar-refractivity contribution in [2.24, 2.45) is 0 Å². The zero-order chi connectivity index (χ0) is 19.7. The molecule has 2 aromatic carbocycles. The smallest absolute Gasteiger partial charge is 0.261 e. The molecule has 2 aromatic rings. The van der Waals surface area contributed by atoms with Crippen LogP contribution in [0.15, 0.2) is 42.5 Å². The number of nitrogens with zero attached hydrogens (tertiary/aromatic N) is 1. The Hall–Kier alpha value is -2.99. The van der Waals surface area contributed by atoms with Crippen LogP contribution in [0.3, 0.4) is 0 Å². The van der Waals surface area contributed by atoms with Crippen molar-refractivity contribution in [1.29, 1.82) is 0 Å². The number of rotatable bonds is 5. The average Bonchev–Trinajstić information content (AvgIpc) is 3.31. The summed E-state index contributed by atoms with van der Waals surface area (Å²) in [5.74, 6) is -0.987. The van der Waals surface area contributed by atoms with E-state index in [0.717, 1.165) is 30.5 Å². The third kappa shape index (κ3) is 3.31. The fraction of sp³-hybridized carbons (Fsp3) is 0.318. The van der Waals surface area contributed by atoms with E-state index in [-0.39, 0.29) is 35.9 Å². The molecule has 0 bridgehead atoms. The lowest BCUT2D eigenvalue weighted by molar-refractivity contribution is 0.0475. The van der Waals surface area contributed by atoms with Gasteiger partial charge < -0.3 is 10.1 Å². The molecule has 1 unspecified atom stereocenters. The van der Waals surface area contributed by atoms with Crippen LogP contribution >= 0.6 is 0 Å². The predicted octanol–water partition coefficient (Wildman–Crippen LogP) is 3.28. The number of ether oxygens (including phenoxy) is 1. The summed E-state index contributed by atoms with van der Waals surface area (Å²) < 4.78 is 5.55. The maximum absolute atomic E-state index is 12.7. The number of hydrogen-bond donors (Lipinski definition) is 1. The Balaban J connectivity index is 1.55. The van der Waals surface area contributed by atoms with Crippen LogP contribution in [-0.4, -0.2) is 41.9 Å². The van der Waals surface area contributed by atoms with E-state index in [1.165, 1.54) is 11.0 Å². The number of amides is 3. The van der Waals surface area contributed by atoms with Crippen molar-refractivity contribution in [3.8, 4) is 0 Å². The van der Waals surface area contributed by atoms with Crippen LogP contribution in [0.2, 0.25) is 0 Å². The van der Waals surface area contributed by atoms with Gasteiger partial charge in [0.2, 0.25) is 0 Å². The van der Waals surface area contributed by atoms with Crippen molar-refractivity contribution < 1.29 is 19.1 Å². The quantitative estimate of drug-likeness (QED) is 0.810. The lowest BCUT2D eigenvalue weighted by Gasteiger charge is -2.17. The third-order valence-corrected chi connectivity index (χ3v) is 5.29. The van der Waals surface area contributed by atoms with E-state index in [0.29, 0.717) is 17.7 Å². The molecule has 0 spiro atoms. The van der Waals surface area contributed by atoms with Crippen molar-refractivity contribution in [3.05, 3.63) is 64.7 Å². The number of fused-ring (bicyclic) bond motifs is 1. The third-order valence-electron chi connectivity index (χ3n) is 5.29. The Morgan fingerprint density at radius 2 is 1.93 bits per heavy atom. The SMILES string of the molecule is CCc1ccccc1NC(=O)c1ccc2c(c1)C(=O)N(CC1CCCO1)C2=O. The highest BCUT2D eigenvalue weighted by molar-refractivity contribution is 6.22. The molecule has 6 heteroatoms. The molecule has 6 nitrogen and oxygen atoms in total. The summed E-state index contributed by atoms with van der Waals surface area (Å²) >= 11 is 0. The molecule has 0 aromatic heterocycles. The molecule has 28 heavy (non-hydrogen) atoms. The standard InChI is InChI=1S/C22H22N2O4/c1-2-14-6-3-4-8-19(14)23-20(25)15-9-10-17-18(12-15)22(27)24(21(17)26)13-16-7-5-11-28-16/h3-4,6,8-10,12,16H,2,5,7,11,13H2,1H3,(H,23,25). The van der Waals surface area contributed by atoms with Crippen molar-refractivity contribution in [2.45, 2.75) is 32.3 Å². The molecule has 2 aliphatic rings. The summed E-state index contributed by atoms with van der Waals surface area (Å²) in [4.78, 5) is 39.3. The van der Waals surface area contributed by atoms with E-state index in [1.807, 2.05) is 31.2 Å². The lowest BCUT2D eigenvalue weighted by atomic mass is 10.0. The molecular weight excluding hydrogens is 356 g/mol. The van der Waals surface area contributed by atoms with Crippen LogP contribution in [0.5, 0.6) is 0 Å². The molecule has 1 N–H and O–H groups in total. The number of anilines is 1. The summed E-state index contributed by atoms with van der Waals surface area (Å²) in [6, 6.07) is 12.3. The average molecular weight is 378 g/mol. The van der Waals surface area contributed by atoms with Crippen LogP contribution < -0.4 is 5.32 Å². The Morgan fingerprint density at radius 1 is 1.14 bits per heavy atom. The normalized spacial score (nSPS) is 18.5. The first kappa shape index (κ1) is 18.4. The zero-order valence-electron chi connectivity index (χ0n) is 15.7. The van der Waals surface area contributed by atoms with E-state index in [1.54, 1.807) is 12.1 Å². The van der Waals surface area contributed by atoms with Crippen molar-refractivity contribution in [2.75, 3.05) is 18.5 Å². The maximum Gasteiger partial charge on any atom is 0.261 e. The van der Waals surface area contributed by atoms with Crippen molar-refractivity contribution in [1.82, 2.24) is 4.90 Å². The summed E-state index contributed by atoms with van der Waals surface area (Å²) in [7, 11) is 0. The molecule has 0 radical (unpaired) electrons. The van der Waals surface area contributed by atoms with Crippen LogP contribution in [0.1, 0.15) is 56.4 Å². The number of aryl methyl sites for hydroxylation is 1. The fourth-order valence-electron chi connectivity index (χ4n) is 3.73. The topological polar surface area (TPSA) is 75.7 Å². The molecule has 1 fully saturated rings. The van der Waals surface area contributed by atoms with Gasteiger partial charge in [-0.2, -0.15) is 0 Å². The van der Waals surface area contributed by atoms with E-state index in [9.17, 15) is 14.4 Å². The number of nitrogens with one attached hydrogen (secondary N) is 1. The van der Waals surface area contributed by atoms with E-state index in [2.05, 4.69) is 5.32 Å². The van der Waals surface area contributed by atoms with Crippen molar-refractivity contribution in [3.63, 3.8) is 0 Å². The second kappa shape index (κ2) is 7.56. The molecule has 1 saturated heterocycles. The first-order valence-corrected chi connectivity index (χ1v) is 9.59. The molecule has 0 saturated carbocycles. The maximum atomic E-state index is 12.7. The summed E-state index contributed by atoms with van der Waals surface area (Å²) in [6.45, 7) is 2.95. The van der Waals surface area contributed by atoms with Gasteiger partial charge in [0.15, 0.2) is 0 Å². The second-order valence-electron chi connectivity index (χ2n) is 7.08. The van der Waals surface area contributed by atoms with Crippen LogP contribution in [0, 0.1) is 0 Å². The number of carbonyl (C=O) groups excluding carboxylic acids is 3. The summed E-state index contributed by atoms with van der Waals surface area (Å²) in [5, 5.41) is 2.90. The van der Waals surface area contributed by atoms with Gasteiger partial charge in [-0.3, -0.25) is 19.3 Å². The molecule has 144 valence electrons. The fourth-order valence-corrected chi connectivity index (χ4v) is 3.73. The Bertz CT molecular complexity index is 947. The highest BCUT2D eigenvalue weighted by atomic mass is 16.5. The van der Waals surface area contributed by atoms with Gasteiger partial charge in [-0.1, -0.05) is 25.1 Å². The molecule has 4 rings (SSSR count). The number of imide groups is 1. The van der Waals surface area contributed by atoms with Crippen LogP contribution in [0.25, 0.3) is 0 Å². The Morgan fingerprint density at radius 3 is 2.68 bits per heavy atom. The van der Waals surface area contributed by atoms with Gasteiger partial charge in [0, 0.05) is 17.9 Å². The molecule has 0 aliphatic carbocycles. The van der Waals surface area contributed by atoms with Crippen LogP contribution in [0.4, 0.5) is 5.69 Å². The minimum absolute atomic E-state index is 0.101. The minimum atomic E-state index is -0.362. The van der Waals surface area contributed by atoms with E-state index < -0.39 is 0 Å². The zero-order valence-corrected chi connectivity index (χ0v) is 15.7. The van der Waals surface area contributed by atoms with Gasteiger partial charge in [0.05, 0.1) is 23.8 Å². The second-order valence-corrected chi connectivity index (χ2v) is 7.08. The van der Waals surface area contributed by atoms with Gasteiger partial charge >= 0.3 is 0 Å². The Kier molecular flexibility index (Phi) is 4.96. The highest BCUT2D eigenvalue weighted by Gasteiger charge is 2.37. The van der Waals surface area contributed by atoms with Gasteiger partial charge in [-0.15, -0.1) is 0 Å². The minimum Gasteiger partial charge on any atom is -0.376 e. The number of carbonyl (C=O) groups is 3. The van der Waals surface area contributed by atoms with Gasteiger partial charge in [0.1, 0.15) is 0 Å². The van der Waals surface area contributed by atoms with E-state index in [4.69, 9.17) is 4.74 Å². The highest BCUT2D eigenvalue weighted by Crippen LogP contribution is 2.26. The summed E-state index contributed by atoms with van der Waals surface area (Å²) in [5.41, 5.74) is 2.75. The van der Waals surface area contributed by atoms with Gasteiger partial charge in [-0.25, -0.2) is 0 Å². The predicted molar refractivity (Wildman–Crippen MR) is 105 cm³/mol. The molecule has 3 amide bonds. The van der Waals surface area contributed by atoms with Crippen LogP contribution in [-0.2, 0) is 11.2 Å². The summed E-state index contributed by atoms with van der Waals surface area (Å²) in [6.07, 6.45) is 2.48. The van der Waals surface area contributed by atoms with Gasteiger partial charge in [-0.05, 0) is 49.1 Å². The first-order chi connectivity index (χ1) is 13.6. The van der Waals surface area contributed by atoms with Crippen molar-refractivity contribution >= 4 is 23.4 Å².